The van der Waals surface area contributed by atoms with E-state index in [2.05, 4.69) is 14.6 Å². The van der Waals surface area contributed by atoms with Crippen LogP contribution >= 0.6 is 0 Å². The molecule has 23 heavy (non-hydrogen) atoms. The minimum atomic E-state index is -4.65. The van der Waals surface area contributed by atoms with Crippen molar-refractivity contribution in [2.75, 3.05) is 26.2 Å². The van der Waals surface area contributed by atoms with E-state index in [-0.39, 0.29) is 17.7 Å². The lowest BCUT2D eigenvalue weighted by Crippen LogP contribution is -2.37. The fourth-order valence-electron chi connectivity index (χ4n) is 2.56. The number of nitrogens with zero attached hydrogens (tertiary/aromatic N) is 4. The molecule has 3 rings (SSSR count). The van der Waals surface area contributed by atoms with Gasteiger partial charge in [-0.3, -0.25) is 4.90 Å². The standard InChI is InChI=1S/C12H17F3N4O3S/c13-12(14,15)11-17-16-10(22-11)8-18-4-1-5-19(7-6-18)23(20,21)9-2-3-9/h9H,1-8H2. The first-order valence-corrected chi connectivity index (χ1v) is 8.88. The first-order valence-electron chi connectivity index (χ1n) is 7.38. The summed E-state index contributed by atoms with van der Waals surface area (Å²) in [5.41, 5.74) is 0. The second kappa shape index (κ2) is 6.02. The number of alkyl halides is 3. The Morgan fingerprint density at radius 1 is 1.13 bits per heavy atom. The molecule has 7 nitrogen and oxygen atoms in total. The highest BCUT2D eigenvalue weighted by Crippen LogP contribution is 2.31. The minimum absolute atomic E-state index is 0.0837. The van der Waals surface area contributed by atoms with E-state index in [9.17, 15) is 21.6 Å². The van der Waals surface area contributed by atoms with Crippen molar-refractivity contribution in [2.45, 2.75) is 37.2 Å². The van der Waals surface area contributed by atoms with Crippen LogP contribution in [0.1, 0.15) is 31.0 Å². The smallest absolute Gasteiger partial charge is 0.416 e. The van der Waals surface area contributed by atoms with Crippen LogP contribution in [0, 0.1) is 0 Å². The first kappa shape index (κ1) is 16.7. The third-order valence-electron chi connectivity index (χ3n) is 3.92. The summed E-state index contributed by atoms with van der Waals surface area (Å²) in [6.45, 7) is 1.85. The molecule has 130 valence electrons. The van der Waals surface area contributed by atoms with E-state index in [0.717, 1.165) is 0 Å². The Labute approximate surface area is 131 Å². The Morgan fingerprint density at radius 2 is 1.87 bits per heavy atom. The van der Waals surface area contributed by atoms with Gasteiger partial charge >= 0.3 is 12.1 Å². The minimum Gasteiger partial charge on any atom is -0.416 e. The number of rotatable bonds is 4. The van der Waals surface area contributed by atoms with Crippen molar-refractivity contribution in [2.24, 2.45) is 0 Å². The molecule has 2 fully saturated rings. The molecule has 2 aliphatic rings. The van der Waals surface area contributed by atoms with Crippen LogP contribution in [0.25, 0.3) is 0 Å². The Bertz CT molecular complexity index is 657. The van der Waals surface area contributed by atoms with Crippen LogP contribution in [-0.4, -0.2) is 59.2 Å². The number of aromatic nitrogens is 2. The second-order valence-corrected chi connectivity index (χ2v) is 7.98. The Kier molecular flexibility index (Phi) is 4.36. The van der Waals surface area contributed by atoms with E-state index in [1.807, 2.05) is 4.90 Å². The van der Waals surface area contributed by atoms with Crippen LogP contribution in [0.3, 0.4) is 0 Å². The van der Waals surface area contributed by atoms with E-state index < -0.39 is 22.1 Å². The highest BCUT2D eigenvalue weighted by molar-refractivity contribution is 7.90. The zero-order chi connectivity index (χ0) is 16.7. The molecule has 0 spiro atoms. The van der Waals surface area contributed by atoms with E-state index in [1.54, 1.807) is 0 Å². The van der Waals surface area contributed by atoms with Crippen LogP contribution in [0.4, 0.5) is 13.2 Å². The predicted octanol–water partition coefficient (Wildman–Crippen LogP) is 1.09. The molecule has 0 bridgehead atoms. The third kappa shape index (κ3) is 3.83. The summed E-state index contributed by atoms with van der Waals surface area (Å²) in [5, 5.41) is 6.14. The van der Waals surface area contributed by atoms with Crippen LogP contribution in [0.5, 0.6) is 0 Å². The van der Waals surface area contributed by atoms with Crippen LogP contribution in [0.15, 0.2) is 4.42 Å². The van der Waals surface area contributed by atoms with Gasteiger partial charge in [0.2, 0.25) is 15.9 Å². The maximum atomic E-state index is 12.4. The van der Waals surface area contributed by atoms with Gasteiger partial charge < -0.3 is 4.42 Å². The molecule has 0 aromatic carbocycles. The van der Waals surface area contributed by atoms with Crippen LogP contribution in [-0.2, 0) is 22.7 Å². The zero-order valence-electron chi connectivity index (χ0n) is 12.3. The molecule has 0 amide bonds. The van der Waals surface area contributed by atoms with Gasteiger partial charge in [-0.2, -0.15) is 13.2 Å². The third-order valence-corrected chi connectivity index (χ3v) is 6.32. The van der Waals surface area contributed by atoms with Crippen molar-refractivity contribution >= 4 is 10.0 Å². The van der Waals surface area contributed by atoms with Crippen molar-refractivity contribution in [3.63, 3.8) is 0 Å². The summed E-state index contributed by atoms with van der Waals surface area (Å²) >= 11 is 0. The van der Waals surface area contributed by atoms with Gasteiger partial charge in [0.1, 0.15) is 0 Å². The second-order valence-electron chi connectivity index (χ2n) is 5.77. The van der Waals surface area contributed by atoms with Crippen molar-refractivity contribution in [3.8, 4) is 0 Å². The fraction of sp³-hybridized carbons (Fsp3) is 0.833. The van der Waals surface area contributed by atoms with Gasteiger partial charge in [-0.25, -0.2) is 12.7 Å². The lowest BCUT2D eigenvalue weighted by Gasteiger charge is -2.20. The van der Waals surface area contributed by atoms with E-state index in [1.165, 1.54) is 4.31 Å². The molecule has 0 N–H and O–H groups in total. The maximum Gasteiger partial charge on any atom is 0.470 e. The Morgan fingerprint density at radius 3 is 2.48 bits per heavy atom. The van der Waals surface area contributed by atoms with Crippen LogP contribution < -0.4 is 0 Å². The SMILES string of the molecule is O=S(=O)(C1CC1)N1CCCN(Cc2nnc(C(F)(F)F)o2)CC1. The Balaban J connectivity index is 1.59. The van der Waals surface area contributed by atoms with E-state index >= 15 is 0 Å². The van der Waals surface area contributed by atoms with Gasteiger partial charge in [0.05, 0.1) is 11.8 Å². The monoisotopic (exact) mass is 354 g/mol. The summed E-state index contributed by atoms with van der Waals surface area (Å²) < 4.78 is 67.8. The van der Waals surface area contributed by atoms with Crippen molar-refractivity contribution in [1.82, 2.24) is 19.4 Å². The topological polar surface area (TPSA) is 79.5 Å². The van der Waals surface area contributed by atoms with Gasteiger partial charge in [-0.1, -0.05) is 0 Å². The van der Waals surface area contributed by atoms with Crippen molar-refractivity contribution in [3.05, 3.63) is 11.8 Å². The normalized spacial score (nSPS) is 22.2. The van der Waals surface area contributed by atoms with Gasteiger partial charge in [0, 0.05) is 19.6 Å². The quantitative estimate of drug-likeness (QED) is 0.805. The van der Waals surface area contributed by atoms with E-state index in [4.69, 9.17) is 0 Å². The molecular weight excluding hydrogens is 337 g/mol. The molecule has 1 aromatic heterocycles. The molecule has 11 heteroatoms. The van der Waals surface area contributed by atoms with Crippen LogP contribution in [0.2, 0.25) is 0 Å². The first-order chi connectivity index (χ1) is 10.8. The van der Waals surface area contributed by atoms with Gasteiger partial charge in [0.25, 0.3) is 0 Å². The largest absolute Gasteiger partial charge is 0.470 e. The molecule has 1 aliphatic heterocycles. The molecule has 1 aliphatic carbocycles. The molecule has 1 aromatic rings. The Hall–Kier alpha value is -1.20. The summed E-state index contributed by atoms with van der Waals surface area (Å²) in [7, 11) is -3.22. The summed E-state index contributed by atoms with van der Waals surface area (Å²) in [6, 6.07) is 0. The zero-order valence-corrected chi connectivity index (χ0v) is 13.1. The number of halogens is 3. The highest BCUT2D eigenvalue weighted by Gasteiger charge is 2.41. The van der Waals surface area contributed by atoms with Gasteiger partial charge in [-0.05, 0) is 25.8 Å². The van der Waals surface area contributed by atoms with Gasteiger partial charge in [0.15, 0.2) is 0 Å². The summed E-state index contributed by atoms with van der Waals surface area (Å²) in [5.74, 6) is -1.48. The van der Waals surface area contributed by atoms with Gasteiger partial charge in [-0.15, -0.1) is 10.2 Å². The molecule has 0 radical (unpaired) electrons. The molecule has 2 heterocycles. The summed E-state index contributed by atoms with van der Waals surface area (Å²) in [4.78, 5) is 1.83. The van der Waals surface area contributed by atoms with E-state index in [0.29, 0.717) is 45.4 Å². The fourth-order valence-corrected chi connectivity index (χ4v) is 4.43. The lowest BCUT2D eigenvalue weighted by atomic mass is 10.4. The summed E-state index contributed by atoms with van der Waals surface area (Å²) in [6.07, 6.45) is -2.61. The lowest BCUT2D eigenvalue weighted by molar-refractivity contribution is -0.157. The molecule has 0 atom stereocenters. The molecule has 0 unspecified atom stereocenters. The number of hydrogen-bond acceptors (Lipinski definition) is 6. The maximum absolute atomic E-state index is 12.4. The van der Waals surface area contributed by atoms with Crippen molar-refractivity contribution in [1.29, 1.82) is 0 Å². The molecule has 1 saturated heterocycles. The highest BCUT2D eigenvalue weighted by atomic mass is 32.2. The van der Waals surface area contributed by atoms with Crippen molar-refractivity contribution < 1.29 is 26.0 Å². The average molecular weight is 354 g/mol. The number of hydrogen-bond donors (Lipinski definition) is 0. The predicted molar refractivity (Wildman–Crippen MR) is 72.7 cm³/mol. The molecule has 1 saturated carbocycles. The molecular formula is C12H17F3N4O3S. The average Bonchev–Trinajstić information content (AvgIpc) is 3.23. The number of sulfonamides is 1.